The summed E-state index contributed by atoms with van der Waals surface area (Å²) < 4.78 is 2.13. The Morgan fingerprint density at radius 2 is 0.877 bits per heavy atom. The number of fused-ring (bicyclic) bond motifs is 6. The van der Waals surface area contributed by atoms with Crippen LogP contribution in [0, 0.1) is 0 Å². The van der Waals surface area contributed by atoms with Gasteiger partial charge in [0.2, 0.25) is 0 Å². The lowest BCUT2D eigenvalue weighted by Crippen LogP contribution is -1.95. The average molecular weight is 728 g/mol. The van der Waals surface area contributed by atoms with Crippen LogP contribution in [0.3, 0.4) is 0 Å². The molecule has 0 atom stereocenters. The molecule has 0 fully saturated rings. The van der Waals surface area contributed by atoms with Crippen molar-refractivity contribution in [3.63, 3.8) is 0 Å². The predicted octanol–water partition coefficient (Wildman–Crippen LogP) is 13.0. The van der Waals surface area contributed by atoms with Gasteiger partial charge in [-0.25, -0.2) is 19.9 Å². The third kappa shape index (κ3) is 5.81. The zero-order valence-corrected chi connectivity index (χ0v) is 30.8. The molecular formula is C52H33N5. The lowest BCUT2D eigenvalue weighted by Gasteiger charge is -2.13. The van der Waals surface area contributed by atoms with E-state index in [9.17, 15) is 0 Å². The first-order valence-corrected chi connectivity index (χ1v) is 19.1. The fourth-order valence-corrected chi connectivity index (χ4v) is 8.01. The van der Waals surface area contributed by atoms with Gasteiger partial charge >= 0.3 is 0 Å². The Morgan fingerprint density at radius 3 is 1.63 bits per heavy atom. The zero-order chi connectivity index (χ0) is 37.7. The monoisotopic (exact) mass is 727 g/mol. The van der Waals surface area contributed by atoms with Crippen LogP contribution in [0.2, 0.25) is 0 Å². The van der Waals surface area contributed by atoms with E-state index in [-0.39, 0.29) is 0 Å². The van der Waals surface area contributed by atoms with Crippen molar-refractivity contribution < 1.29 is 0 Å². The summed E-state index contributed by atoms with van der Waals surface area (Å²) in [5, 5.41) is 4.26. The van der Waals surface area contributed by atoms with Crippen LogP contribution in [0.5, 0.6) is 0 Å². The van der Waals surface area contributed by atoms with Crippen molar-refractivity contribution >= 4 is 38.2 Å². The van der Waals surface area contributed by atoms with Gasteiger partial charge in [0.25, 0.3) is 0 Å². The molecule has 266 valence electrons. The number of pyridine rings is 2. The van der Waals surface area contributed by atoms with Gasteiger partial charge in [-0.05, 0) is 52.6 Å². The first-order valence-electron chi connectivity index (χ1n) is 19.1. The van der Waals surface area contributed by atoms with E-state index in [4.69, 9.17) is 19.9 Å². The SMILES string of the molecule is c1ccc(-c2ccc(-c3nc(-c4cccc(-c5cccc(-c6nc7ccccc7c7c6ccn6cc(-c8ccccc8)nc76)c5)c4)nc4ccccc34)cc2)cc1. The van der Waals surface area contributed by atoms with E-state index in [1.54, 1.807) is 0 Å². The van der Waals surface area contributed by atoms with Gasteiger partial charge in [-0.3, -0.25) is 0 Å². The van der Waals surface area contributed by atoms with E-state index in [0.29, 0.717) is 5.82 Å². The van der Waals surface area contributed by atoms with Gasteiger partial charge < -0.3 is 4.40 Å². The van der Waals surface area contributed by atoms with Crippen LogP contribution in [0.25, 0.3) is 106 Å². The molecule has 0 spiro atoms. The summed E-state index contributed by atoms with van der Waals surface area (Å²) in [5.41, 5.74) is 14.2. The maximum absolute atomic E-state index is 5.28. The number of imidazole rings is 1. The fraction of sp³-hybridized carbons (Fsp3) is 0. The predicted molar refractivity (Wildman–Crippen MR) is 234 cm³/mol. The van der Waals surface area contributed by atoms with Crippen molar-refractivity contribution in [3.05, 3.63) is 200 Å². The van der Waals surface area contributed by atoms with Gasteiger partial charge in [-0.2, -0.15) is 0 Å². The molecule has 0 amide bonds. The normalized spacial score (nSPS) is 11.5. The minimum atomic E-state index is 0.689. The standard InChI is InChI=1S/C52H33N5/c1-3-13-34(14-4-1)35-25-27-37(28-26-35)49-43-22-8-10-24-46(43)54-51(56-49)41-20-12-18-39(32-41)38-17-11-19-40(31-38)50-44-29-30-57-33-47(36-15-5-2-6-16-36)55-52(57)48(44)42-21-7-9-23-45(42)53-50/h1-33H. The molecule has 0 unspecified atom stereocenters. The van der Waals surface area contributed by atoms with Crippen molar-refractivity contribution in [2.24, 2.45) is 0 Å². The summed E-state index contributed by atoms with van der Waals surface area (Å²) in [4.78, 5) is 20.8. The van der Waals surface area contributed by atoms with Crippen molar-refractivity contribution in [3.8, 4) is 67.4 Å². The van der Waals surface area contributed by atoms with E-state index in [2.05, 4.69) is 175 Å². The van der Waals surface area contributed by atoms with Crippen LogP contribution in [0.15, 0.2) is 200 Å². The molecule has 11 aromatic rings. The van der Waals surface area contributed by atoms with Crippen molar-refractivity contribution in [1.29, 1.82) is 0 Å². The number of hydrogen-bond donors (Lipinski definition) is 0. The first kappa shape index (κ1) is 32.7. The van der Waals surface area contributed by atoms with Crippen LogP contribution >= 0.6 is 0 Å². The summed E-state index contributed by atoms with van der Waals surface area (Å²) in [6, 6.07) is 65.4. The average Bonchev–Trinajstić information content (AvgIpc) is 3.74. The summed E-state index contributed by atoms with van der Waals surface area (Å²) in [5.74, 6) is 0.689. The maximum atomic E-state index is 5.28. The Morgan fingerprint density at radius 1 is 0.333 bits per heavy atom. The van der Waals surface area contributed by atoms with Gasteiger partial charge in [-0.1, -0.05) is 158 Å². The van der Waals surface area contributed by atoms with Gasteiger partial charge in [0, 0.05) is 56.2 Å². The highest BCUT2D eigenvalue weighted by Gasteiger charge is 2.17. The molecule has 7 aromatic carbocycles. The minimum absolute atomic E-state index is 0.689. The molecule has 0 saturated heterocycles. The number of hydrogen-bond acceptors (Lipinski definition) is 4. The van der Waals surface area contributed by atoms with Gasteiger partial charge in [0.15, 0.2) is 5.82 Å². The first-order chi connectivity index (χ1) is 28.2. The van der Waals surface area contributed by atoms with Crippen molar-refractivity contribution in [2.75, 3.05) is 0 Å². The number of para-hydroxylation sites is 2. The highest BCUT2D eigenvalue weighted by Crippen LogP contribution is 2.38. The third-order valence-electron chi connectivity index (χ3n) is 10.8. The van der Waals surface area contributed by atoms with E-state index in [0.717, 1.165) is 88.7 Å². The quantitative estimate of drug-likeness (QED) is 0.160. The Kier molecular flexibility index (Phi) is 7.74. The number of nitrogens with zero attached hydrogens (tertiary/aromatic N) is 5. The summed E-state index contributed by atoms with van der Waals surface area (Å²) in [7, 11) is 0. The van der Waals surface area contributed by atoms with Crippen molar-refractivity contribution in [2.45, 2.75) is 0 Å². The smallest absolute Gasteiger partial charge is 0.160 e. The van der Waals surface area contributed by atoms with Gasteiger partial charge in [0.1, 0.15) is 5.65 Å². The van der Waals surface area contributed by atoms with Crippen LogP contribution in [-0.2, 0) is 0 Å². The molecule has 0 aliphatic rings. The van der Waals surface area contributed by atoms with Crippen LogP contribution in [0.1, 0.15) is 0 Å². The third-order valence-corrected chi connectivity index (χ3v) is 10.8. The summed E-state index contributed by atoms with van der Waals surface area (Å²) >= 11 is 0. The highest BCUT2D eigenvalue weighted by atomic mass is 15.0. The second kappa shape index (κ2) is 13.5. The second-order valence-electron chi connectivity index (χ2n) is 14.3. The molecule has 0 bridgehead atoms. The van der Waals surface area contributed by atoms with Gasteiger partial charge in [-0.15, -0.1) is 0 Å². The summed E-state index contributed by atoms with van der Waals surface area (Å²) in [6.07, 6.45) is 4.20. The molecule has 0 aliphatic heterocycles. The molecule has 0 aliphatic carbocycles. The molecule has 4 aromatic heterocycles. The maximum Gasteiger partial charge on any atom is 0.160 e. The molecule has 11 rings (SSSR count). The summed E-state index contributed by atoms with van der Waals surface area (Å²) in [6.45, 7) is 0. The molecule has 4 heterocycles. The van der Waals surface area contributed by atoms with Gasteiger partial charge in [0.05, 0.1) is 28.1 Å². The van der Waals surface area contributed by atoms with E-state index < -0.39 is 0 Å². The van der Waals surface area contributed by atoms with E-state index in [1.165, 1.54) is 11.1 Å². The number of rotatable bonds is 6. The molecule has 57 heavy (non-hydrogen) atoms. The Labute approximate surface area is 329 Å². The zero-order valence-electron chi connectivity index (χ0n) is 30.8. The molecule has 5 nitrogen and oxygen atoms in total. The highest BCUT2D eigenvalue weighted by molar-refractivity contribution is 6.16. The lowest BCUT2D eigenvalue weighted by molar-refractivity contribution is 1.20. The van der Waals surface area contributed by atoms with Crippen LogP contribution in [-0.4, -0.2) is 24.3 Å². The Hall–Kier alpha value is -7.76. The topological polar surface area (TPSA) is 56.0 Å². The molecule has 0 N–H and O–H groups in total. The second-order valence-corrected chi connectivity index (χ2v) is 14.3. The number of aromatic nitrogens is 5. The molecule has 5 heteroatoms. The molecule has 0 saturated carbocycles. The lowest BCUT2D eigenvalue weighted by atomic mass is 9.96. The fourth-order valence-electron chi connectivity index (χ4n) is 8.01. The number of benzene rings is 7. The minimum Gasteiger partial charge on any atom is -0.306 e. The van der Waals surface area contributed by atoms with E-state index >= 15 is 0 Å². The molecular weight excluding hydrogens is 695 g/mol. The van der Waals surface area contributed by atoms with Crippen LogP contribution in [0.4, 0.5) is 0 Å². The van der Waals surface area contributed by atoms with Crippen molar-refractivity contribution in [1.82, 2.24) is 24.3 Å². The largest absolute Gasteiger partial charge is 0.306 e. The molecule has 0 radical (unpaired) electrons. The van der Waals surface area contributed by atoms with E-state index in [1.807, 2.05) is 30.3 Å². The van der Waals surface area contributed by atoms with Crippen LogP contribution < -0.4 is 0 Å². The Bertz CT molecular complexity index is 3280. The Balaban J connectivity index is 1.01.